The second-order valence-corrected chi connectivity index (χ2v) is 5.76. The van der Waals surface area contributed by atoms with Gasteiger partial charge in [-0.3, -0.25) is 5.32 Å². The minimum Gasteiger partial charge on any atom is -0.305 e. The standard InChI is InChI=1S/C13H8Cl2N4OS/c14-7-2-1-3-8(15)10(7)18-13(20)19-12-11-9(4-5-21-11)16-6-17-12/h1-6H,(H2,16,17,18,19,20). The van der Waals surface area contributed by atoms with E-state index in [-0.39, 0.29) is 0 Å². The number of hydrogen-bond donors (Lipinski definition) is 2. The van der Waals surface area contributed by atoms with E-state index in [0.29, 0.717) is 21.6 Å². The summed E-state index contributed by atoms with van der Waals surface area (Å²) in [5.41, 5.74) is 1.14. The predicted octanol–water partition coefficient (Wildman–Crippen LogP) is 4.64. The fourth-order valence-corrected chi connectivity index (χ4v) is 3.03. The Morgan fingerprint density at radius 2 is 1.86 bits per heavy atom. The molecule has 2 aromatic heterocycles. The number of para-hydroxylation sites is 1. The lowest BCUT2D eigenvalue weighted by Gasteiger charge is -2.10. The topological polar surface area (TPSA) is 66.9 Å². The van der Waals surface area contributed by atoms with Crippen molar-refractivity contribution >= 4 is 62.3 Å². The summed E-state index contributed by atoms with van der Waals surface area (Å²) in [6, 6.07) is 6.37. The number of nitrogens with one attached hydrogen (secondary N) is 2. The summed E-state index contributed by atoms with van der Waals surface area (Å²) in [5, 5.41) is 7.89. The van der Waals surface area contributed by atoms with Crippen LogP contribution in [0.2, 0.25) is 10.0 Å². The highest BCUT2D eigenvalue weighted by Crippen LogP contribution is 2.30. The van der Waals surface area contributed by atoms with E-state index in [9.17, 15) is 4.79 Å². The molecule has 0 aliphatic carbocycles. The largest absolute Gasteiger partial charge is 0.324 e. The van der Waals surface area contributed by atoms with Crippen LogP contribution in [0, 0.1) is 0 Å². The Morgan fingerprint density at radius 1 is 1.10 bits per heavy atom. The van der Waals surface area contributed by atoms with Gasteiger partial charge >= 0.3 is 6.03 Å². The van der Waals surface area contributed by atoms with Crippen LogP contribution in [0.5, 0.6) is 0 Å². The second-order valence-electron chi connectivity index (χ2n) is 4.03. The molecule has 8 heteroatoms. The van der Waals surface area contributed by atoms with Gasteiger partial charge in [0.2, 0.25) is 0 Å². The van der Waals surface area contributed by atoms with Crippen molar-refractivity contribution < 1.29 is 4.79 Å². The molecule has 0 aliphatic rings. The SMILES string of the molecule is O=C(Nc1c(Cl)cccc1Cl)Nc1ncnc2ccsc12. The summed E-state index contributed by atoms with van der Waals surface area (Å²) in [5.74, 6) is 0.440. The van der Waals surface area contributed by atoms with Gasteiger partial charge < -0.3 is 5.32 Å². The zero-order chi connectivity index (χ0) is 14.8. The highest BCUT2D eigenvalue weighted by Gasteiger charge is 2.12. The molecule has 0 radical (unpaired) electrons. The van der Waals surface area contributed by atoms with Crippen molar-refractivity contribution in [3.05, 3.63) is 46.0 Å². The van der Waals surface area contributed by atoms with E-state index in [2.05, 4.69) is 20.6 Å². The number of amides is 2. The van der Waals surface area contributed by atoms with Crippen molar-refractivity contribution in [1.29, 1.82) is 0 Å². The number of rotatable bonds is 2. The van der Waals surface area contributed by atoms with Gasteiger partial charge in [0.15, 0.2) is 5.82 Å². The molecule has 0 atom stereocenters. The number of urea groups is 1. The van der Waals surface area contributed by atoms with Crippen molar-refractivity contribution in [2.45, 2.75) is 0 Å². The van der Waals surface area contributed by atoms with Crippen LogP contribution in [0.3, 0.4) is 0 Å². The number of nitrogens with zero attached hydrogens (tertiary/aromatic N) is 2. The van der Waals surface area contributed by atoms with E-state index in [4.69, 9.17) is 23.2 Å². The predicted molar refractivity (Wildman–Crippen MR) is 86.5 cm³/mol. The Labute approximate surface area is 133 Å². The van der Waals surface area contributed by atoms with Gasteiger partial charge in [0, 0.05) is 0 Å². The first-order chi connectivity index (χ1) is 10.1. The van der Waals surface area contributed by atoms with E-state index >= 15 is 0 Å². The number of benzene rings is 1. The van der Waals surface area contributed by atoms with Crippen molar-refractivity contribution in [3.8, 4) is 0 Å². The third-order valence-electron chi connectivity index (χ3n) is 2.68. The number of thiophene rings is 1. The van der Waals surface area contributed by atoms with Crippen LogP contribution in [-0.4, -0.2) is 16.0 Å². The average molecular weight is 339 g/mol. The first kappa shape index (κ1) is 14.1. The van der Waals surface area contributed by atoms with E-state index in [0.717, 1.165) is 10.2 Å². The lowest BCUT2D eigenvalue weighted by atomic mass is 10.3. The van der Waals surface area contributed by atoms with Gasteiger partial charge in [0.1, 0.15) is 6.33 Å². The van der Waals surface area contributed by atoms with Gasteiger partial charge in [0.25, 0.3) is 0 Å². The second kappa shape index (κ2) is 5.85. The zero-order valence-corrected chi connectivity index (χ0v) is 12.8. The first-order valence-corrected chi connectivity index (χ1v) is 7.49. The fraction of sp³-hybridized carbons (Fsp3) is 0. The minimum absolute atomic E-state index is 0.356. The summed E-state index contributed by atoms with van der Waals surface area (Å²) < 4.78 is 0.804. The van der Waals surface area contributed by atoms with Crippen LogP contribution >= 0.6 is 34.5 Å². The summed E-state index contributed by atoms with van der Waals surface area (Å²) in [6.45, 7) is 0. The molecule has 0 saturated heterocycles. The maximum Gasteiger partial charge on any atom is 0.324 e. The maximum atomic E-state index is 12.1. The Balaban J connectivity index is 1.82. The molecule has 106 valence electrons. The van der Waals surface area contributed by atoms with E-state index in [1.165, 1.54) is 17.7 Å². The molecule has 2 amide bonds. The molecule has 0 bridgehead atoms. The van der Waals surface area contributed by atoms with Crippen LogP contribution in [0.15, 0.2) is 36.0 Å². The number of aromatic nitrogens is 2. The third kappa shape index (κ3) is 2.92. The lowest BCUT2D eigenvalue weighted by molar-refractivity contribution is 0.262. The molecule has 2 heterocycles. The molecule has 0 aliphatic heterocycles. The Morgan fingerprint density at radius 3 is 2.62 bits per heavy atom. The number of anilines is 2. The number of hydrogen-bond acceptors (Lipinski definition) is 4. The summed E-state index contributed by atoms with van der Waals surface area (Å²) in [7, 11) is 0. The van der Waals surface area contributed by atoms with Crippen LogP contribution in [0.1, 0.15) is 0 Å². The smallest absolute Gasteiger partial charge is 0.305 e. The lowest BCUT2D eigenvalue weighted by Crippen LogP contribution is -2.20. The molecule has 0 saturated carbocycles. The van der Waals surface area contributed by atoms with E-state index in [1.807, 2.05) is 11.4 Å². The number of fused-ring (bicyclic) bond motifs is 1. The molecular weight excluding hydrogens is 331 g/mol. The van der Waals surface area contributed by atoms with Crippen molar-refractivity contribution in [2.24, 2.45) is 0 Å². The first-order valence-electron chi connectivity index (χ1n) is 5.85. The maximum absolute atomic E-state index is 12.1. The van der Waals surface area contributed by atoms with Gasteiger partial charge in [-0.05, 0) is 23.6 Å². The number of halogens is 2. The molecule has 0 unspecified atom stereocenters. The molecule has 3 rings (SSSR count). The van der Waals surface area contributed by atoms with Crippen LogP contribution < -0.4 is 10.6 Å². The van der Waals surface area contributed by atoms with Gasteiger partial charge in [-0.25, -0.2) is 14.8 Å². The monoisotopic (exact) mass is 338 g/mol. The summed E-state index contributed by atoms with van der Waals surface area (Å²) in [6.07, 6.45) is 1.40. The molecule has 2 N–H and O–H groups in total. The van der Waals surface area contributed by atoms with E-state index < -0.39 is 6.03 Å². The van der Waals surface area contributed by atoms with Crippen LogP contribution in [0.4, 0.5) is 16.3 Å². The zero-order valence-electron chi connectivity index (χ0n) is 10.4. The van der Waals surface area contributed by atoms with Gasteiger partial charge in [0.05, 0.1) is 25.9 Å². The van der Waals surface area contributed by atoms with Crippen LogP contribution in [-0.2, 0) is 0 Å². The van der Waals surface area contributed by atoms with E-state index in [1.54, 1.807) is 18.2 Å². The number of carbonyl (C=O) groups is 1. The fourth-order valence-electron chi connectivity index (χ4n) is 1.75. The summed E-state index contributed by atoms with van der Waals surface area (Å²) >= 11 is 13.5. The Hall–Kier alpha value is -1.89. The van der Waals surface area contributed by atoms with Gasteiger partial charge in [-0.1, -0.05) is 29.3 Å². The minimum atomic E-state index is -0.474. The third-order valence-corrected chi connectivity index (χ3v) is 4.22. The Kier molecular flexibility index (Phi) is 3.92. The highest BCUT2D eigenvalue weighted by atomic mass is 35.5. The molecule has 0 fully saturated rings. The van der Waals surface area contributed by atoms with Crippen molar-refractivity contribution in [3.63, 3.8) is 0 Å². The molecule has 21 heavy (non-hydrogen) atoms. The van der Waals surface area contributed by atoms with Crippen molar-refractivity contribution in [2.75, 3.05) is 10.6 Å². The quantitative estimate of drug-likeness (QED) is 0.715. The molecule has 1 aromatic carbocycles. The normalized spacial score (nSPS) is 10.6. The summed E-state index contributed by atoms with van der Waals surface area (Å²) in [4.78, 5) is 20.2. The average Bonchev–Trinajstić information content (AvgIpc) is 2.93. The number of carbonyl (C=O) groups excluding carboxylic acids is 1. The molecule has 0 spiro atoms. The van der Waals surface area contributed by atoms with Crippen LogP contribution in [0.25, 0.3) is 10.2 Å². The molecule has 5 nitrogen and oxygen atoms in total. The Bertz CT molecular complexity index is 801. The van der Waals surface area contributed by atoms with Crippen molar-refractivity contribution in [1.82, 2.24) is 9.97 Å². The van der Waals surface area contributed by atoms with Gasteiger partial charge in [-0.2, -0.15) is 0 Å². The van der Waals surface area contributed by atoms with Gasteiger partial charge in [-0.15, -0.1) is 11.3 Å². The molecule has 3 aromatic rings. The highest BCUT2D eigenvalue weighted by molar-refractivity contribution is 7.17. The molecular formula is C13H8Cl2N4OS.